The quantitative estimate of drug-likeness (QED) is 0.598. The molecule has 0 aliphatic heterocycles. The standard InChI is InChI=1S/C22H25N3O4S/c1-6-15-7-9-16(10-8-15)24-19(26)14(5)25-11-23-20-17(21(25)27)13(4)18(30-20)22(28)29-12(2)3/h7-12,14H,6H2,1-5H3,(H,24,26). The van der Waals surface area contributed by atoms with Gasteiger partial charge in [-0.05, 0) is 57.4 Å². The molecule has 3 rings (SSSR count). The van der Waals surface area contributed by atoms with Crippen molar-refractivity contribution in [1.29, 1.82) is 0 Å². The summed E-state index contributed by atoms with van der Waals surface area (Å²) in [5.41, 5.74) is 2.00. The van der Waals surface area contributed by atoms with Gasteiger partial charge in [0.2, 0.25) is 5.91 Å². The van der Waals surface area contributed by atoms with Crippen molar-refractivity contribution in [3.05, 3.63) is 57.0 Å². The summed E-state index contributed by atoms with van der Waals surface area (Å²) in [6.45, 7) is 8.93. The van der Waals surface area contributed by atoms with Crippen molar-refractivity contribution in [2.75, 3.05) is 5.32 Å². The molecule has 1 atom stereocenters. The SMILES string of the molecule is CCc1ccc(NC(=O)C(C)n2cnc3sc(C(=O)OC(C)C)c(C)c3c2=O)cc1. The van der Waals surface area contributed by atoms with E-state index < -0.39 is 12.0 Å². The Morgan fingerprint density at radius 1 is 1.20 bits per heavy atom. The zero-order valence-electron chi connectivity index (χ0n) is 17.7. The summed E-state index contributed by atoms with van der Waals surface area (Å²) < 4.78 is 6.54. The molecule has 30 heavy (non-hydrogen) atoms. The molecule has 0 aliphatic carbocycles. The van der Waals surface area contributed by atoms with Gasteiger partial charge in [0, 0.05) is 5.69 Å². The topological polar surface area (TPSA) is 90.3 Å². The summed E-state index contributed by atoms with van der Waals surface area (Å²) in [7, 11) is 0. The molecule has 1 amide bonds. The summed E-state index contributed by atoms with van der Waals surface area (Å²) in [4.78, 5) is 43.2. The molecule has 158 valence electrons. The van der Waals surface area contributed by atoms with E-state index in [1.165, 1.54) is 16.5 Å². The van der Waals surface area contributed by atoms with Gasteiger partial charge in [-0.15, -0.1) is 11.3 Å². The molecule has 0 spiro atoms. The fourth-order valence-corrected chi connectivity index (χ4v) is 4.09. The van der Waals surface area contributed by atoms with Gasteiger partial charge in [-0.2, -0.15) is 0 Å². The third-order valence-corrected chi connectivity index (χ3v) is 6.01. The fourth-order valence-electron chi connectivity index (χ4n) is 3.07. The van der Waals surface area contributed by atoms with Crippen LogP contribution in [0.25, 0.3) is 10.2 Å². The average Bonchev–Trinajstić information content (AvgIpc) is 3.05. The minimum absolute atomic E-state index is 0.262. The summed E-state index contributed by atoms with van der Waals surface area (Å²) >= 11 is 1.12. The summed E-state index contributed by atoms with van der Waals surface area (Å²) in [6.07, 6.45) is 2.00. The van der Waals surface area contributed by atoms with Crippen LogP contribution >= 0.6 is 11.3 Å². The number of hydrogen-bond acceptors (Lipinski definition) is 6. The monoisotopic (exact) mass is 427 g/mol. The summed E-state index contributed by atoms with van der Waals surface area (Å²) in [5, 5.41) is 3.17. The van der Waals surface area contributed by atoms with Crippen molar-refractivity contribution in [1.82, 2.24) is 9.55 Å². The largest absolute Gasteiger partial charge is 0.459 e. The molecule has 1 aromatic carbocycles. The van der Waals surface area contributed by atoms with E-state index in [4.69, 9.17) is 4.74 Å². The van der Waals surface area contributed by atoms with Crippen molar-refractivity contribution in [2.45, 2.75) is 53.2 Å². The number of carbonyl (C=O) groups excluding carboxylic acids is 2. The number of hydrogen-bond donors (Lipinski definition) is 1. The number of ether oxygens (including phenoxy) is 1. The van der Waals surface area contributed by atoms with Crippen molar-refractivity contribution in [3.63, 3.8) is 0 Å². The Hall–Kier alpha value is -3.00. The molecular weight excluding hydrogens is 402 g/mol. The smallest absolute Gasteiger partial charge is 0.348 e. The van der Waals surface area contributed by atoms with Crippen LogP contribution in [0, 0.1) is 6.92 Å². The Kier molecular flexibility index (Phi) is 6.36. The first kappa shape index (κ1) is 21.7. The predicted octanol–water partition coefficient (Wildman–Crippen LogP) is 4.09. The number of anilines is 1. The molecule has 3 aromatic rings. The van der Waals surface area contributed by atoms with Crippen LogP contribution in [0.1, 0.15) is 54.5 Å². The maximum Gasteiger partial charge on any atom is 0.348 e. The molecular formula is C22H25N3O4S. The van der Waals surface area contributed by atoms with Crippen LogP contribution in [-0.4, -0.2) is 27.5 Å². The zero-order chi connectivity index (χ0) is 22.0. The molecule has 0 radical (unpaired) electrons. The molecule has 1 unspecified atom stereocenters. The minimum atomic E-state index is -0.773. The van der Waals surface area contributed by atoms with E-state index >= 15 is 0 Å². The number of carbonyl (C=O) groups is 2. The van der Waals surface area contributed by atoms with Crippen LogP contribution in [0.4, 0.5) is 5.69 Å². The van der Waals surface area contributed by atoms with Gasteiger partial charge in [-0.25, -0.2) is 9.78 Å². The van der Waals surface area contributed by atoms with Gasteiger partial charge in [0.05, 0.1) is 17.8 Å². The number of benzene rings is 1. The Balaban J connectivity index is 1.90. The maximum atomic E-state index is 13.1. The van der Waals surface area contributed by atoms with Crippen LogP contribution < -0.4 is 10.9 Å². The van der Waals surface area contributed by atoms with E-state index in [9.17, 15) is 14.4 Å². The summed E-state index contributed by atoms with van der Waals surface area (Å²) in [6, 6.07) is 6.80. The lowest BCUT2D eigenvalue weighted by Crippen LogP contribution is -2.31. The Morgan fingerprint density at radius 3 is 2.47 bits per heavy atom. The van der Waals surface area contributed by atoms with Crippen molar-refractivity contribution >= 4 is 39.1 Å². The van der Waals surface area contributed by atoms with Gasteiger partial charge in [-0.3, -0.25) is 14.2 Å². The first-order chi connectivity index (χ1) is 14.2. The van der Waals surface area contributed by atoms with Gasteiger partial charge >= 0.3 is 5.97 Å². The number of nitrogens with zero attached hydrogens (tertiary/aromatic N) is 2. The van der Waals surface area contributed by atoms with E-state index in [1.807, 2.05) is 24.3 Å². The van der Waals surface area contributed by atoms with E-state index in [-0.39, 0.29) is 17.6 Å². The molecule has 7 nitrogen and oxygen atoms in total. The van der Waals surface area contributed by atoms with Gasteiger partial charge in [0.15, 0.2) is 0 Å². The predicted molar refractivity (Wildman–Crippen MR) is 118 cm³/mol. The van der Waals surface area contributed by atoms with Gasteiger partial charge in [0.25, 0.3) is 5.56 Å². The molecule has 0 saturated heterocycles. The highest BCUT2D eigenvalue weighted by atomic mass is 32.1. The molecule has 8 heteroatoms. The van der Waals surface area contributed by atoms with Crippen molar-refractivity contribution < 1.29 is 14.3 Å². The third-order valence-electron chi connectivity index (χ3n) is 4.83. The summed E-state index contributed by atoms with van der Waals surface area (Å²) in [5.74, 6) is -0.799. The van der Waals surface area contributed by atoms with E-state index in [0.29, 0.717) is 26.3 Å². The molecule has 0 bridgehead atoms. The second-order valence-electron chi connectivity index (χ2n) is 7.36. The minimum Gasteiger partial charge on any atom is -0.459 e. The van der Waals surface area contributed by atoms with Crippen LogP contribution in [0.5, 0.6) is 0 Å². The number of nitrogens with one attached hydrogen (secondary N) is 1. The maximum absolute atomic E-state index is 13.1. The van der Waals surface area contributed by atoms with Crippen LogP contribution in [-0.2, 0) is 16.0 Å². The number of fused-ring (bicyclic) bond motifs is 1. The average molecular weight is 428 g/mol. The first-order valence-corrected chi connectivity index (χ1v) is 10.7. The van der Waals surface area contributed by atoms with Crippen molar-refractivity contribution in [2.24, 2.45) is 0 Å². The first-order valence-electron chi connectivity index (χ1n) is 9.84. The van der Waals surface area contributed by atoms with E-state index in [1.54, 1.807) is 27.7 Å². The van der Waals surface area contributed by atoms with Crippen LogP contribution in [0.15, 0.2) is 35.4 Å². The van der Waals surface area contributed by atoms with Gasteiger partial charge < -0.3 is 10.1 Å². The van der Waals surface area contributed by atoms with Crippen molar-refractivity contribution in [3.8, 4) is 0 Å². The second kappa shape index (κ2) is 8.79. The zero-order valence-corrected chi connectivity index (χ0v) is 18.5. The lowest BCUT2D eigenvalue weighted by molar-refractivity contribution is -0.118. The Morgan fingerprint density at radius 2 is 1.87 bits per heavy atom. The molecule has 0 fully saturated rings. The van der Waals surface area contributed by atoms with Crippen LogP contribution in [0.2, 0.25) is 0 Å². The molecule has 2 aromatic heterocycles. The van der Waals surface area contributed by atoms with E-state index in [2.05, 4.69) is 17.2 Å². The molecule has 0 saturated carbocycles. The van der Waals surface area contributed by atoms with Gasteiger partial charge in [-0.1, -0.05) is 19.1 Å². The Labute approximate surface area is 178 Å². The Bertz CT molecular complexity index is 1150. The lowest BCUT2D eigenvalue weighted by Gasteiger charge is -2.15. The van der Waals surface area contributed by atoms with Crippen LogP contribution in [0.3, 0.4) is 0 Å². The highest BCUT2D eigenvalue weighted by Crippen LogP contribution is 2.28. The molecule has 2 heterocycles. The number of thiophene rings is 1. The number of esters is 1. The number of aromatic nitrogens is 2. The lowest BCUT2D eigenvalue weighted by atomic mass is 10.1. The number of rotatable bonds is 6. The molecule has 0 aliphatic rings. The fraction of sp³-hybridized carbons (Fsp3) is 0.364. The number of aryl methyl sites for hydroxylation is 2. The third kappa shape index (κ3) is 4.28. The number of amides is 1. The second-order valence-corrected chi connectivity index (χ2v) is 8.36. The highest BCUT2D eigenvalue weighted by molar-refractivity contribution is 7.20. The van der Waals surface area contributed by atoms with E-state index in [0.717, 1.165) is 17.8 Å². The van der Waals surface area contributed by atoms with Gasteiger partial charge in [0.1, 0.15) is 15.7 Å². The highest BCUT2D eigenvalue weighted by Gasteiger charge is 2.24. The normalized spacial score (nSPS) is 12.2. The molecule has 1 N–H and O–H groups in total.